The molecule has 1 fully saturated rings. The Bertz CT molecular complexity index is 166. The van der Waals surface area contributed by atoms with Gasteiger partial charge in [-0.05, 0) is 18.8 Å². The fourth-order valence-corrected chi connectivity index (χ4v) is 1.50. The lowest BCUT2D eigenvalue weighted by molar-refractivity contribution is -0.123. The minimum atomic E-state index is 0.0447. The molecule has 1 amide bonds. The Balaban J connectivity index is 2.03. The van der Waals surface area contributed by atoms with Crippen LogP contribution in [0.5, 0.6) is 0 Å². The Hall–Kier alpha value is -0.610. The number of aliphatic hydroxyl groups excluding tert-OH is 1. The van der Waals surface area contributed by atoms with Crippen LogP contribution in [0.25, 0.3) is 0 Å². The summed E-state index contributed by atoms with van der Waals surface area (Å²) in [6.07, 6.45) is 2.25. The fourth-order valence-electron chi connectivity index (χ4n) is 1.50. The zero-order chi connectivity index (χ0) is 9.68. The molecule has 0 heterocycles. The number of ether oxygens (including phenoxy) is 1. The molecule has 1 aliphatic carbocycles. The van der Waals surface area contributed by atoms with Crippen molar-refractivity contribution in [2.24, 2.45) is 5.92 Å². The number of carbonyl (C=O) groups excluding carboxylic acids is 1. The van der Waals surface area contributed by atoms with Crippen molar-refractivity contribution >= 4 is 5.91 Å². The lowest BCUT2D eigenvalue weighted by atomic mass is 9.81. The van der Waals surface area contributed by atoms with Gasteiger partial charge in [-0.25, -0.2) is 0 Å². The smallest absolute Gasteiger partial charge is 0.222 e. The van der Waals surface area contributed by atoms with Crippen LogP contribution >= 0.6 is 0 Å². The van der Waals surface area contributed by atoms with E-state index in [1.807, 2.05) is 0 Å². The first-order valence-corrected chi connectivity index (χ1v) is 4.65. The van der Waals surface area contributed by atoms with Crippen molar-refractivity contribution in [2.45, 2.75) is 25.3 Å². The predicted molar refractivity (Wildman–Crippen MR) is 48.2 cm³/mol. The van der Waals surface area contributed by atoms with Crippen molar-refractivity contribution in [1.82, 2.24) is 5.32 Å². The highest BCUT2D eigenvalue weighted by Crippen LogP contribution is 2.26. The van der Waals surface area contributed by atoms with E-state index >= 15 is 0 Å². The quantitative estimate of drug-likeness (QED) is 0.632. The van der Waals surface area contributed by atoms with Gasteiger partial charge in [0.2, 0.25) is 5.91 Å². The standard InChI is InChI=1S/C9H17NO3/c1-13-3-2-9(12)10-8-4-7(5-8)6-11/h7-8,11H,2-6H2,1H3,(H,10,12). The van der Waals surface area contributed by atoms with Gasteiger partial charge < -0.3 is 15.2 Å². The second-order valence-electron chi connectivity index (χ2n) is 3.53. The second kappa shape index (κ2) is 5.19. The van der Waals surface area contributed by atoms with Gasteiger partial charge in [0.1, 0.15) is 0 Å². The lowest BCUT2D eigenvalue weighted by Gasteiger charge is -2.34. The molecule has 0 aromatic carbocycles. The first kappa shape index (κ1) is 10.5. The maximum Gasteiger partial charge on any atom is 0.222 e. The first-order chi connectivity index (χ1) is 6.26. The van der Waals surface area contributed by atoms with Gasteiger partial charge in [-0.3, -0.25) is 4.79 Å². The van der Waals surface area contributed by atoms with Gasteiger partial charge in [0.25, 0.3) is 0 Å². The van der Waals surface area contributed by atoms with Crippen molar-refractivity contribution in [1.29, 1.82) is 0 Å². The highest BCUT2D eigenvalue weighted by atomic mass is 16.5. The Labute approximate surface area is 78.3 Å². The molecule has 4 nitrogen and oxygen atoms in total. The van der Waals surface area contributed by atoms with Gasteiger partial charge in [0.05, 0.1) is 6.61 Å². The van der Waals surface area contributed by atoms with Gasteiger partial charge >= 0.3 is 0 Å². The van der Waals surface area contributed by atoms with E-state index in [1.54, 1.807) is 7.11 Å². The van der Waals surface area contributed by atoms with Crippen LogP contribution in [0.1, 0.15) is 19.3 Å². The van der Waals surface area contributed by atoms with Crippen molar-refractivity contribution in [3.8, 4) is 0 Å². The maximum absolute atomic E-state index is 11.1. The van der Waals surface area contributed by atoms with Crippen LogP contribution in [0, 0.1) is 5.92 Å². The summed E-state index contributed by atoms with van der Waals surface area (Å²) in [5.41, 5.74) is 0. The summed E-state index contributed by atoms with van der Waals surface area (Å²) in [4.78, 5) is 11.1. The van der Waals surface area contributed by atoms with E-state index in [0.29, 0.717) is 18.9 Å². The third kappa shape index (κ3) is 3.32. The van der Waals surface area contributed by atoms with E-state index in [9.17, 15) is 4.79 Å². The molecule has 76 valence electrons. The second-order valence-corrected chi connectivity index (χ2v) is 3.53. The maximum atomic E-state index is 11.1. The topological polar surface area (TPSA) is 58.6 Å². The largest absolute Gasteiger partial charge is 0.396 e. The van der Waals surface area contributed by atoms with E-state index in [0.717, 1.165) is 12.8 Å². The lowest BCUT2D eigenvalue weighted by Crippen LogP contribution is -2.45. The van der Waals surface area contributed by atoms with E-state index in [-0.39, 0.29) is 18.6 Å². The van der Waals surface area contributed by atoms with Crippen molar-refractivity contribution in [2.75, 3.05) is 20.3 Å². The van der Waals surface area contributed by atoms with Crippen LogP contribution in [0.15, 0.2) is 0 Å². The minimum Gasteiger partial charge on any atom is -0.396 e. The number of aliphatic hydroxyl groups is 1. The summed E-state index contributed by atoms with van der Waals surface area (Å²) in [7, 11) is 1.58. The molecule has 0 spiro atoms. The van der Waals surface area contributed by atoms with Crippen LogP contribution in [-0.4, -0.2) is 37.4 Å². The van der Waals surface area contributed by atoms with Gasteiger partial charge in [-0.2, -0.15) is 0 Å². The summed E-state index contributed by atoms with van der Waals surface area (Å²) in [6, 6.07) is 0.279. The fraction of sp³-hybridized carbons (Fsp3) is 0.889. The molecule has 4 heteroatoms. The van der Waals surface area contributed by atoms with E-state index in [1.165, 1.54) is 0 Å². The number of methoxy groups -OCH3 is 1. The molecule has 1 aliphatic rings. The molecule has 0 bridgehead atoms. The van der Waals surface area contributed by atoms with Crippen LogP contribution in [0.4, 0.5) is 0 Å². The zero-order valence-corrected chi connectivity index (χ0v) is 7.95. The molecule has 1 rings (SSSR count). The molecule has 0 unspecified atom stereocenters. The highest BCUT2D eigenvalue weighted by Gasteiger charge is 2.29. The van der Waals surface area contributed by atoms with Gasteiger partial charge in [-0.1, -0.05) is 0 Å². The summed E-state index contributed by atoms with van der Waals surface area (Å²) in [5.74, 6) is 0.441. The molecule has 0 aromatic rings. The van der Waals surface area contributed by atoms with Gasteiger partial charge in [0, 0.05) is 26.2 Å². The summed E-state index contributed by atoms with van der Waals surface area (Å²) < 4.78 is 4.79. The Morgan fingerprint density at radius 3 is 2.85 bits per heavy atom. The molecule has 1 saturated carbocycles. The summed E-state index contributed by atoms with van der Waals surface area (Å²) >= 11 is 0. The molecule has 2 N–H and O–H groups in total. The number of nitrogens with one attached hydrogen (secondary N) is 1. The number of rotatable bonds is 5. The van der Waals surface area contributed by atoms with E-state index in [4.69, 9.17) is 9.84 Å². The van der Waals surface area contributed by atoms with Gasteiger partial charge in [-0.15, -0.1) is 0 Å². The molecule has 0 aromatic heterocycles. The number of carbonyl (C=O) groups is 1. The number of amides is 1. The normalized spacial score (nSPS) is 26.6. The molecular formula is C9H17NO3. The molecule has 13 heavy (non-hydrogen) atoms. The van der Waals surface area contributed by atoms with Crippen LogP contribution in [0.3, 0.4) is 0 Å². The zero-order valence-electron chi connectivity index (χ0n) is 7.95. The van der Waals surface area contributed by atoms with Crippen molar-refractivity contribution < 1.29 is 14.6 Å². The van der Waals surface area contributed by atoms with Gasteiger partial charge in [0.15, 0.2) is 0 Å². The third-order valence-electron chi connectivity index (χ3n) is 2.39. The predicted octanol–water partition coefficient (Wildman–Crippen LogP) is -0.0900. The van der Waals surface area contributed by atoms with Crippen LogP contribution in [-0.2, 0) is 9.53 Å². The first-order valence-electron chi connectivity index (χ1n) is 4.65. The molecule has 0 saturated heterocycles. The van der Waals surface area contributed by atoms with Crippen LogP contribution in [0.2, 0.25) is 0 Å². The molecular weight excluding hydrogens is 170 g/mol. The molecule has 0 aliphatic heterocycles. The number of hydrogen-bond acceptors (Lipinski definition) is 3. The third-order valence-corrected chi connectivity index (χ3v) is 2.39. The van der Waals surface area contributed by atoms with Crippen molar-refractivity contribution in [3.05, 3.63) is 0 Å². The number of hydrogen-bond donors (Lipinski definition) is 2. The Morgan fingerprint density at radius 1 is 1.62 bits per heavy atom. The highest BCUT2D eigenvalue weighted by molar-refractivity contribution is 5.76. The minimum absolute atomic E-state index is 0.0447. The van der Waals surface area contributed by atoms with E-state index < -0.39 is 0 Å². The van der Waals surface area contributed by atoms with E-state index in [2.05, 4.69) is 5.32 Å². The summed E-state index contributed by atoms with van der Waals surface area (Å²) in [5, 5.41) is 11.6. The Morgan fingerprint density at radius 2 is 2.31 bits per heavy atom. The molecule has 0 atom stereocenters. The van der Waals surface area contributed by atoms with Crippen LogP contribution < -0.4 is 5.32 Å². The SMILES string of the molecule is COCCC(=O)NC1CC(CO)C1. The molecule has 0 radical (unpaired) electrons. The van der Waals surface area contributed by atoms with Crippen molar-refractivity contribution in [3.63, 3.8) is 0 Å². The Kier molecular flexibility index (Phi) is 4.18. The monoisotopic (exact) mass is 187 g/mol. The average Bonchev–Trinajstić information content (AvgIpc) is 2.07. The summed E-state index contributed by atoms with van der Waals surface area (Å²) in [6.45, 7) is 0.715. The average molecular weight is 187 g/mol.